The summed E-state index contributed by atoms with van der Waals surface area (Å²) < 4.78 is 35.7. The summed E-state index contributed by atoms with van der Waals surface area (Å²) in [6, 6.07) is 4.75. The van der Waals surface area contributed by atoms with Crippen molar-refractivity contribution in [3.05, 3.63) is 24.0 Å². The van der Waals surface area contributed by atoms with Gasteiger partial charge in [-0.15, -0.1) is 0 Å². The Morgan fingerprint density at radius 2 is 2.18 bits per heavy atom. The summed E-state index contributed by atoms with van der Waals surface area (Å²) in [7, 11) is -3.49. The first kappa shape index (κ1) is 13.1. The Morgan fingerprint density at radius 3 is 2.65 bits per heavy atom. The first-order valence-electron chi connectivity index (χ1n) is 4.51. The molecule has 1 amide bonds. The summed E-state index contributed by atoms with van der Waals surface area (Å²) in [5.41, 5.74) is -0.155. The van der Waals surface area contributed by atoms with Crippen LogP contribution in [0.15, 0.2) is 23.1 Å². The molecule has 1 rings (SSSR count). The second-order valence-corrected chi connectivity index (χ2v) is 5.31. The summed E-state index contributed by atoms with van der Waals surface area (Å²) >= 11 is 0. The molecule has 1 aromatic rings. The first-order valence-corrected chi connectivity index (χ1v) is 6.40. The van der Waals surface area contributed by atoms with Crippen molar-refractivity contribution in [2.75, 3.05) is 11.6 Å². The average molecular weight is 256 g/mol. The smallest absolute Gasteiger partial charge is 0.238 e. The molecule has 0 heterocycles. The van der Waals surface area contributed by atoms with Gasteiger partial charge in [0.05, 0.1) is 16.7 Å². The fourth-order valence-electron chi connectivity index (χ4n) is 1.09. The van der Waals surface area contributed by atoms with Crippen molar-refractivity contribution in [1.29, 1.82) is 5.26 Å². The van der Waals surface area contributed by atoms with Crippen molar-refractivity contribution in [3.63, 3.8) is 0 Å². The maximum atomic E-state index is 13.4. The molecule has 17 heavy (non-hydrogen) atoms. The van der Waals surface area contributed by atoms with Crippen LogP contribution < -0.4 is 5.32 Å². The lowest BCUT2D eigenvalue weighted by atomic mass is 10.3. The van der Waals surface area contributed by atoms with Crippen molar-refractivity contribution in [2.45, 2.75) is 11.3 Å². The van der Waals surface area contributed by atoms with Crippen LogP contribution in [0.5, 0.6) is 0 Å². The van der Waals surface area contributed by atoms with E-state index in [1.807, 2.05) is 0 Å². The monoisotopic (exact) mass is 256 g/mol. The van der Waals surface area contributed by atoms with Crippen LogP contribution in [0.4, 0.5) is 10.1 Å². The van der Waals surface area contributed by atoms with Gasteiger partial charge in [0.1, 0.15) is 12.2 Å². The van der Waals surface area contributed by atoms with Gasteiger partial charge in [-0.2, -0.15) is 5.26 Å². The van der Waals surface area contributed by atoms with Crippen LogP contribution in [0, 0.1) is 17.1 Å². The van der Waals surface area contributed by atoms with Crippen molar-refractivity contribution in [1.82, 2.24) is 0 Å². The van der Waals surface area contributed by atoms with E-state index in [1.54, 1.807) is 6.07 Å². The van der Waals surface area contributed by atoms with Gasteiger partial charge < -0.3 is 5.32 Å². The molecule has 0 aliphatic heterocycles. The zero-order valence-corrected chi connectivity index (χ0v) is 9.71. The normalized spacial score (nSPS) is 10.6. The second kappa shape index (κ2) is 4.93. The summed E-state index contributed by atoms with van der Waals surface area (Å²) in [6.45, 7) is 0. The zero-order valence-electron chi connectivity index (χ0n) is 8.90. The summed E-state index contributed by atoms with van der Waals surface area (Å²) in [4.78, 5) is 10.9. The topological polar surface area (TPSA) is 87.0 Å². The Hall–Kier alpha value is -1.94. The number of benzene rings is 1. The molecule has 1 N–H and O–H groups in total. The molecule has 90 valence electrons. The fourth-order valence-corrected chi connectivity index (χ4v) is 1.73. The average Bonchev–Trinajstić information content (AvgIpc) is 2.20. The van der Waals surface area contributed by atoms with E-state index in [9.17, 15) is 17.6 Å². The van der Waals surface area contributed by atoms with Crippen molar-refractivity contribution in [3.8, 4) is 6.07 Å². The standard InChI is InChI=1S/C10H9FN2O3S/c1-17(15,16)7-2-3-9(8(11)6-7)13-10(14)4-5-12/h2-3,6H,4H2,1H3,(H,13,14). The number of sulfone groups is 1. The maximum Gasteiger partial charge on any atom is 0.238 e. The highest BCUT2D eigenvalue weighted by Crippen LogP contribution is 2.18. The SMILES string of the molecule is CS(=O)(=O)c1ccc(NC(=O)CC#N)c(F)c1. The number of hydrogen-bond acceptors (Lipinski definition) is 4. The largest absolute Gasteiger partial charge is 0.323 e. The van der Waals surface area contributed by atoms with Gasteiger partial charge in [0.15, 0.2) is 9.84 Å². The van der Waals surface area contributed by atoms with Crippen LogP contribution in [0.3, 0.4) is 0 Å². The van der Waals surface area contributed by atoms with E-state index in [1.165, 1.54) is 6.07 Å². The number of amides is 1. The molecular weight excluding hydrogens is 247 g/mol. The molecule has 0 spiro atoms. The van der Waals surface area contributed by atoms with Gasteiger partial charge in [-0.25, -0.2) is 12.8 Å². The number of nitriles is 1. The third-order valence-corrected chi connectivity index (χ3v) is 2.99. The number of rotatable bonds is 3. The minimum absolute atomic E-state index is 0.155. The van der Waals surface area contributed by atoms with Gasteiger partial charge in [0.2, 0.25) is 5.91 Å². The highest BCUT2D eigenvalue weighted by molar-refractivity contribution is 7.90. The van der Waals surface area contributed by atoms with Crippen LogP contribution >= 0.6 is 0 Å². The van der Waals surface area contributed by atoms with Crippen molar-refractivity contribution < 1.29 is 17.6 Å². The predicted molar refractivity (Wildman–Crippen MR) is 58.4 cm³/mol. The zero-order chi connectivity index (χ0) is 13.1. The molecule has 0 fully saturated rings. The van der Waals surface area contributed by atoms with Gasteiger partial charge in [0.25, 0.3) is 0 Å². The lowest BCUT2D eigenvalue weighted by molar-refractivity contribution is -0.115. The number of carbonyl (C=O) groups excluding carboxylic acids is 1. The quantitative estimate of drug-likeness (QED) is 0.876. The summed E-state index contributed by atoms with van der Waals surface area (Å²) in [6.07, 6.45) is 0.559. The molecule has 0 saturated carbocycles. The molecular formula is C10H9FN2O3S. The molecule has 0 aromatic heterocycles. The van der Waals surface area contributed by atoms with E-state index in [0.29, 0.717) is 0 Å². The van der Waals surface area contributed by atoms with Gasteiger partial charge in [-0.05, 0) is 18.2 Å². The number of nitrogens with one attached hydrogen (secondary N) is 1. The highest BCUT2D eigenvalue weighted by Gasteiger charge is 2.12. The Kier molecular flexibility index (Phi) is 3.81. The number of nitrogens with zero attached hydrogens (tertiary/aromatic N) is 1. The van der Waals surface area contributed by atoms with Gasteiger partial charge in [-0.3, -0.25) is 4.79 Å². The minimum atomic E-state index is -3.49. The molecule has 0 saturated heterocycles. The van der Waals surface area contributed by atoms with Crippen LogP contribution in [0.2, 0.25) is 0 Å². The third kappa shape index (κ3) is 3.53. The van der Waals surface area contributed by atoms with E-state index in [-0.39, 0.29) is 10.6 Å². The molecule has 0 aliphatic rings. The molecule has 0 radical (unpaired) electrons. The lowest BCUT2D eigenvalue weighted by Gasteiger charge is -2.05. The number of halogens is 1. The fraction of sp³-hybridized carbons (Fsp3) is 0.200. The molecule has 7 heteroatoms. The predicted octanol–water partition coefficient (Wildman–Crippen LogP) is 1.08. The maximum absolute atomic E-state index is 13.4. The third-order valence-electron chi connectivity index (χ3n) is 1.88. The molecule has 5 nitrogen and oxygen atoms in total. The lowest BCUT2D eigenvalue weighted by Crippen LogP contribution is -2.11. The molecule has 1 aromatic carbocycles. The Balaban J connectivity index is 3.00. The Labute approximate surface area is 97.8 Å². The summed E-state index contributed by atoms with van der Waals surface area (Å²) in [5.74, 6) is -1.52. The number of anilines is 1. The van der Waals surface area contributed by atoms with Crippen LogP contribution in [-0.2, 0) is 14.6 Å². The van der Waals surface area contributed by atoms with E-state index in [2.05, 4.69) is 5.32 Å². The Bertz CT molecular complexity index is 590. The van der Waals surface area contributed by atoms with Crippen LogP contribution in [0.25, 0.3) is 0 Å². The highest BCUT2D eigenvalue weighted by atomic mass is 32.2. The van der Waals surface area contributed by atoms with Crippen LogP contribution in [0.1, 0.15) is 6.42 Å². The molecule has 0 atom stereocenters. The van der Waals surface area contributed by atoms with Gasteiger partial charge >= 0.3 is 0 Å². The van der Waals surface area contributed by atoms with Gasteiger partial charge in [-0.1, -0.05) is 0 Å². The number of carbonyl (C=O) groups is 1. The van der Waals surface area contributed by atoms with E-state index in [0.717, 1.165) is 18.4 Å². The van der Waals surface area contributed by atoms with Gasteiger partial charge in [0, 0.05) is 6.26 Å². The second-order valence-electron chi connectivity index (χ2n) is 3.30. The molecule has 0 aliphatic carbocycles. The van der Waals surface area contributed by atoms with E-state index >= 15 is 0 Å². The van der Waals surface area contributed by atoms with Crippen molar-refractivity contribution >= 4 is 21.4 Å². The minimum Gasteiger partial charge on any atom is -0.323 e. The number of hydrogen-bond donors (Lipinski definition) is 1. The van der Waals surface area contributed by atoms with Crippen LogP contribution in [-0.4, -0.2) is 20.6 Å². The molecule has 0 unspecified atom stereocenters. The van der Waals surface area contributed by atoms with E-state index < -0.39 is 28.0 Å². The molecule has 0 bridgehead atoms. The van der Waals surface area contributed by atoms with E-state index in [4.69, 9.17) is 5.26 Å². The summed E-state index contributed by atoms with van der Waals surface area (Å²) in [5, 5.41) is 10.4. The Morgan fingerprint density at radius 1 is 1.53 bits per heavy atom. The van der Waals surface area contributed by atoms with Crippen molar-refractivity contribution in [2.24, 2.45) is 0 Å². The first-order chi connectivity index (χ1) is 7.84.